The summed E-state index contributed by atoms with van der Waals surface area (Å²) in [5.41, 5.74) is 0. The van der Waals surface area contributed by atoms with Crippen molar-refractivity contribution >= 4 is 16.7 Å². The van der Waals surface area contributed by atoms with Gasteiger partial charge in [-0.1, -0.05) is 0 Å². The van der Waals surface area contributed by atoms with Crippen LogP contribution in [-0.2, 0) is 11.3 Å². The molecule has 98 valence electrons. The monoisotopic (exact) mass is 269 g/mol. The van der Waals surface area contributed by atoms with Crippen LogP contribution in [0.2, 0.25) is 0 Å². The molecular weight excluding hydrogens is 254 g/mol. The summed E-state index contributed by atoms with van der Waals surface area (Å²) in [5.74, 6) is 1.96. The van der Waals surface area contributed by atoms with Crippen molar-refractivity contribution in [2.45, 2.75) is 19.6 Å². The number of nitrogens with zero attached hydrogens (tertiary/aromatic N) is 2. The average Bonchev–Trinajstić information content (AvgIpc) is 2.96. The Morgan fingerprint density at radius 2 is 2.39 bits per heavy atom. The topological polar surface area (TPSA) is 80.4 Å². The molecule has 0 saturated heterocycles. The van der Waals surface area contributed by atoms with Gasteiger partial charge in [-0.3, -0.25) is 0 Å². The first-order chi connectivity index (χ1) is 8.69. The number of methoxy groups -OCH3 is 1. The second-order valence-corrected chi connectivity index (χ2v) is 4.55. The van der Waals surface area contributed by atoms with E-state index in [0.717, 1.165) is 5.76 Å². The fourth-order valence-electron chi connectivity index (χ4n) is 1.43. The first-order valence-electron chi connectivity index (χ1n) is 5.49. The molecule has 2 aromatic heterocycles. The molecule has 0 saturated carbocycles. The first-order valence-corrected chi connectivity index (χ1v) is 6.26. The highest BCUT2D eigenvalue weighted by atomic mass is 32.1. The normalized spacial score (nSPS) is 12.6. The van der Waals surface area contributed by atoms with Gasteiger partial charge in [0.05, 0.1) is 6.54 Å². The highest BCUT2D eigenvalue weighted by Crippen LogP contribution is 2.18. The zero-order valence-electron chi connectivity index (χ0n) is 10.2. The Bertz CT molecular complexity index is 497. The van der Waals surface area contributed by atoms with Crippen LogP contribution in [-0.4, -0.2) is 28.1 Å². The van der Waals surface area contributed by atoms with E-state index in [2.05, 4.69) is 14.7 Å². The predicted octanol–water partition coefficient (Wildman–Crippen LogP) is 1.73. The third kappa shape index (κ3) is 3.28. The van der Waals surface area contributed by atoms with E-state index in [1.807, 2.05) is 13.0 Å². The SMILES string of the molecule is COCc1nsc(NCC(O)c2ccc(C)o2)n1. The van der Waals surface area contributed by atoms with Crippen LogP contribution in [0.1, 0.15) is 23.4 Å². The van der Waals surface area contributed by atoms with Crippen LogP contribution >= 0.6 is 11.5 Å². The third-order valence-corrected chi connectivity index (χ3v) is 2.99. The number of anilines is 1. The van der Waals surface area contributed by atoms with Crippen molar-refractivity contribution in [3.8, 4) is 0 Å². The Labute approximate surface area is 109 Å². The summed E-state index contributed by atoms with van der Waals surface area (Å²) >= 11 is 1.24. The van der Waals surface area contributed by atoms with Crippen LogP contribution in [0.25, 0.3) is 0 Å². The van der Waals surface area contributed by atoms with Gasteiger partial charge in [-0.25, -0.2) is 4.98 Å². The molecule has 0 radical (unpaired) electrons. The maximum atomic E-state index is 9.88. The molecule has 0 fully saturated rings. The first kappa shape index (κ1) is 13.0. The smallest absolute Gasteiger partial charge is 0.202 e. The lowest BCUT2D eigenvalue weighted by atomic mass is 10.3. The summed E-state index contributed by atoms with van der Waals surface area (Å²) in [6.45, 7) is 2.55. The molecule has 1 atom stereocenters. The lowest BCUT2D eigenvalue weighted by Gasteiger charge is -2.07. The van der Waals surface area contributed by atoms with Gasteiger partial charge in [-0.05, 0) is 19.1 Å². The van der Waals surface area contributed by atoms with Crippen molar-refractivity contribution in [1.29, 1.82) is 0 Å². The molecule has 0 aliphatic carbocycles. The van der Waals surface area contributed by atoms with Crippen molar-refractivity contribution in [2.24, 2.45) is 0 Å². The van der Waals surface area contributed by atoms with Crippen LogP contribution in [0.15, 0.2) is 16.5 Å². The van der Waals surface area contributed by atoms with E-state index < -0.39 is 6.10 Å². The van der Waals surface area contributed by atoms with E-state index in [9.17, 15) is 5.11 Å². The maximum Gasteiger partial charge on any atom is 0.202 e. The quantitative estimate of drug-likeness (QED) is 0.831. The van der Waals surface area contributed by atoms with Crippen LogP contribution in [0, 0.1) is 6.92 Å². The third-order valence-electron chi connectivity index (χ3n) is 2.28. The fraction of sp³-hybridized carbons (Fsp3) is 0.455. The van der Waals surface area contributed by atoms with Gasteiger partial charge >= 0.3 is 0 Å². The molecule has 2 rings (SSSR count). The molecule has 0 bridgehead atoms. The molecule has 7 heteroatoms. The van der Waals surface area contributed by atoms with Gasteiger partial charge in [0.15, 0.2) is 5.82 Å². The number of rotatable bonds is 6. The molecule has 0 aliphatic rings. The van der Waals surface area contributed by atoms with E-state index >= 15 is 0 Å². The summed E-state index contributed by atoms with van der Waals surface area (Å²) < 4.78 is 14.4. The maximum absolute atomic E-state index is 9.88. The lowest BCUT2D eigenvalue weighted by molar-refractivity contribution is 0.161. The Balaban J connectivity index is 1.86. The Hall–Kier alpha value is -1.44. The zero-order valence-corrected chi connectivity index (χ0v) is 11.0. The summed E-state index contributed by atoms with van der Waals surface area (Å²) in [5, 5.41) is 13.5. The minimum Gasteiger partial charge on any atom is -0.464 e. The summed E-state index contributed by atoms with van der Waals surface area (Å²) in [4.78, 5) is 4.20. The van der Waals surface area contributed by atoms with Crippen molar-refractivity contribution in [2.75, 3.05) is 19.0 Å². The number of hydrogen-bond donors (Lipinski definition) is 2. The molecule has 0 aromatic carbocycles. The fourth-order valence-corrected chi connectivity index (χ4v) is 2.01. The zero-order chi connectivity index (χ0) is 13.0. The standard InChI is InChI=1S/C11H15N3O3S/c1-7-3-4-9(17-7)8(15)5-12-11-13-10(6-16-2)14-18-11/h3-4,8,15H,5-6H2,1-2H3,(H,12,13,14). The Kier molecular flexibility index (Phi) is 4.29. The van der Waals surface area contributed by atoms with Gasteiger partial charge in [0, 0.05) is 18.6 Å². The van der Waals surface area contributed by atoms with Crippen molar-refractivity contribution in [3.63, 3.8) is 0 Å². The number of hydrogen-bond acceptors (Lipinski definition) is 7. The van der Waals surface area contributed by atoms with E-state index in [1.165, 1.54) is 11.5 Å². The molecule has 6 nitrogen and oxygen atoms in total. The van der Waals surface area contributed by atoms with Crippen LogP contribution in [0.3, 0.4) is 0 Å². The molecule has 2 heterocycles. The van der Waals surface area contributed by atoms with Crippen molar-refractivity contribution in [3.05, 3.63) is 29.5 Å². The molecule has 2 N–H and O–H groups in total. The van der Waals surface area contributed by atoms with Gasteiger partial charge in [-0.2, -0.15) is 4.37 Å². The van der Waals surface area contributed by atoms with E-state index in [0.29, 0.717) is 29.9 Å². The minimum absolute atomic E-state index is 0.328. The molecule has 1 unspecified atom stereocenters. The molecular formula is C11H15N3O3S. The number of ether oxygens (including phenoxy) is 1. The highest BCUT2D eigenvalue weighted by molar-refractivity contribution is 7.09. The number of aliphatic hydroxyl groups is 1. The molecule has 0 aliphatic heterocycles. The number of aromatic nitrogens is 2. The summed E-state index contributed by atoms with van der Waals surface area (Å²) in [6.07, 6.45) is -0.700. The molecule has 18 heavy (non-hydrogen) atoms. The minimum atomic E-state index is -0.700. The van der Waals surface area contributed by atoms with Crippen LogP contribution < -0.4 is 5.32 Å². The predicted molar refractivity (Wildman–Crippen MR) is 67.5 cm³/mol. The average molecular weight is 269 g/mol. The lowest BCUT2D eigenvalue weighted by Crippen LogP contribution is -2.11. The summed E-state index contributed by atoms with van der Waals surface area (Å²) in [7, 11) is 1.59. The second kappa shape index (κ2) is 5.94. The van der Waals surface area contributed by atoms with Gasteiger partial charge in [0.2, 0.25) is 5.13 Å². The van der Waals surface area contributed by atoms with Gasteiger partial charge in [0.25, 0.3) is 0 Å². The second-order valence-electron chi connectivity index (χ2n) is 3.79. The number of aryl methyl sites for hydroxylation is 1. The van der Waals surface area contributed by atoms with Crippen LogP contribution in [0.4, 0.5) is 5.13 Å². The number of nitrogens with one attached hydrogen (secondary N) is 1. The summed E-state index contributed by atoms with van der Waals surface area (Å²) in [6, 6.07) is 3.58. The van der Waals surface area contributed by atoms with E-state index in [4.69, 9.17) is 9.15 Å². The van der Waals surface area contributed by atoms with E-state index in [1.54, 1.807) is 13.2 Å². The van der Waals surface area contributed by atoms with E-state index in [-0.39, 0.29) is 0 Å². The number of furan rings is 1. The largest absolute Gasteiger partial charge is 0.464 e. The molecule has 2 aromatic rings. The van der Waals surface area contributed by atoms with Crippen molar-refractivity contribution in [1.82, 2.24) is 9.36 Å². The van der Waals surface area contributed by atoms with Gasteiger partial charge < -0.3 is 19.6 Å². The Morgan fingerprint density at radius 1 is 1.56 bits per heavy atom. The van der Waals surface area contributed by atoms with Gasteiger partial charge in [0.1, 0.15) is 24.2 Å². The molecule has 0 amide bonds. The number of aliphatic hydroxyl groups excluding tert-OH is 1. The van der Waals surface area contributed by atoms with Gasteiger partial charge in [-0.15, -0.1) is 0 Å². The van der Waals surface area contributed by atoms with Crippen molar-refractivity contribution < 1.29 is 14.3 Å². The highest BCUT2D eigenvalue weighted by Gasteiger charge is 2.12. The van der Waals surface area contributed by atoms with Crippen LogP contribution in [0.5, 0.6) is 0 Å². The molecule has 0 spiro atoms. The Morgan fingerprint density at radius 3 is 3.06 bits per heavy atom.